The minimum Gasteiger partial charge on any atom is -0.313 e. The van der Waals surface area contributed by atoms with Crippen molar-refractivity contribution in [2.75, 3.05) is 17.9 Å². The van der Waals surface area contributed by atoms with E-state index >= 15 is 0 Å². The van der Waals surface area contributed by atoms with E-state index in [1.165, 1.54) is 6.26 Å². The highest BCUT2D eigenvalue weighted by atomic mass is 35.5. The molecule has 0 aliphatic heterocycles. The van der Waals surface area contributed by atoms with Gasteiger partial charge in [-0.2, -0.15) is 0 Å². The zero-order valence-corrected chi connectivity index (χ0v) is 12.3. The maximum atomic E-state index is 11.2. The number of imidazole rings is 1. The van der Waals surface area contributed by atoms with E-state index in [2.05, 4.69) is 9.97 Å². The van der Waals surface area contributed by atoms with Crippen molar-refractivity contribution in [3.05, 3.63) is 24.2 Å². The molecule has 5 nitrogen and oxygen atoms in total. The number of aromatic nitrogens is 3. The lowest BCUT2D eigenvalue weighted by molar-refractivity contribution is 0.590. The highest BCUT2D eigenvalue weighted by molar-refractivity contribution is 7.90. The van der Waals surface area contributed by atoms with E-state index in [1.807, 2.05) is 16.7 Å². The molecule has 2 rings (SSSR count). The van der Waals surface area contributed by atoms with Gasteiger partial charge in [-0.15, -0.1) is 11.6 Å². The van der Waals surface area contributed by atoms with Crippen LogP contribution >= 0.6 is 11.6 Å². The Hall–Kier alpha value is -1.14. The number of nitrogens with zero attached hydrogens (tertiary/aromatic N) is 3. The Morgan fingerprint density at radius 2 is 2.21 bits per heavy atom. The summed E-state index contributed by atoms with van der Waals surface area (Å²) in [4.78, 5) is 8.79. The van der Waals surface area contributed by atoms with Crippen molar-refractivity contribution in [1.29, 1.82) is 0 Å². The van der Waals surface area contributed by atoms with Gasteiger partial charge in [0, 0.05) is 31.3 Å². The van der Waals surface area contributed by atoms with Crippen LogP contribution in [0.15, 0.2) is 18.3 Å². The second kappa shape index (κ2) is 5.88. The Bertz CT molecular complexity index is 667. The lowest BCUT2D eigenvalue weighted by atomic mass is 10.4. The van der Waals surface area contributed by atoms with Crippen molar-refractivity contribution >= 4 is 32.6 Å². The predicted molar refractivity (Wildman–Crippen MR) is 76.3 cm³/mol. The van der Waals surface area contributed by atoms with Crippen molar-refractivity contribution in [2.24, 2.45) is 0 Å². The number of halogens is 1. The van der Waals surface area contributed by atoms with Crippen molar-refractivity contribution in [2.45, 2.75) is 19.4 Å². The normalized spacial score (nSPS) is 12.1. The maximum Gasteiger partial charge on any atom is 0.159 e. The van der Waals surface area contributed by atoms with Crippen LogP contribution in [-0.4, -0.2) is 40.8 Å². The van der Waals surface area contributed by atoms with Gasteiger partial charge in [0.15, 0.2) is 5.65 Å². The van der Waals surface area contributed by atoms with Crippen LogP contribution in [0.4, 0.5) is 0 Å². The molecule has 0 saturated carbocycles. The first-order chi connectivity index (χ1) is 9.01. The summed E-state index contributed by atoms with van der Waals surface area (Å²) in [5.74, 6) is 1.51. The smallest absolute Gasteiger partial charge is 0.159 e. The Kier molecular flexibility index (Phi) is 4.42. The summed E-state index contributed by atoms with van der Waals surface area (Å²) in [6.07, 6.45) is 4.16. The molecule has 0 atom stereocenters. The molecule has 2 aromatic heterocycles. The van der Waals surface area contributed by atoms with E-state index in [0.717, 1.165) is 17.0 Å². The summed E-state index contributed by atoms with van der Waals surface area (Å²) in [5.41, 5.74) is 1.61. The number of hydrogen-bond donors (Lipinski definition) is 0. The molecule has 0 saturated heterocycles. The maximum absolute atomic E-state index is 11.2. The van der Waals surface area contributed by atoms with E-state index in [-0.39, 0.29) is 5.75 Å². The van der Waals surface area contributed by atoms with Crippen molar-refractivity contribution < 1.29 is 8.42 Å². The molecule has 2 aromatic rings. The van der Waals surface area contributed by atoms with Gasteiger partial charge in [0.2, 0.25) is 0 Å². The minimum absolute atomic E-state index is 0.166. The van der Waals surface area contributed by atoms with Gasteiger partial charge < -0.3 is 4.57 Å². The lowest BCUT2D eigenvalue weighted by Gasteiger charge is -2.07. The van der Waals surface area contributed by atoms with Gasteiger partial charge in [-0.05, 0) is 18.6 Å². The molecular formula is C12H16ClN3O2S. The number of rotatable bonds is 6. The first kappa shape index (κ1) is 14.3. The SMILES string of the molecule is CS(=O)(=O)CCCn1c(CCCl)nc2cccnc21. The zero-order valence-electron chi connectivity index (χ0n) is 10.7. The van der Waals surface area contributed by atoms with Crippen molar-refractivity contribution in [3.63, 3.8) is 0 Å². The fraction of sp³-hybridized carbons (Fsp3) is 0.500. The van der Waals surface area contributed by atoms with Crippen LogP contribution in [0.1, 0.15) is 12.2 Å². The molecule has 0 radical (unpaired) electrons. The van der Waals surface area contributed by atoms with Crippen molar-refractivity contribution in [1.82, 2.24) is 14.5 Å². The van der Waals surface area contributed by atoms with Crippen LogP contribution in [0.2, 0.25) is 0 Å². The molecule has 0 spiro atoms. The van der Waals surface area contributed by atoms with E-state index in [1.54, 1.807) is 6.20 Å². The van der Waals surface area contributed by atoms with Gasteiger partial charge in [-0.25, -0.2) is 18.4 Å². The van der Waals surface area contributed by atoms with Crippen LogP contribution in [0.25, 0.3) is 11.2 Å². The Labute approximate surface area is 117 Å². The number of pyridine rings is 1. The van der Waals surface area contributed by atoms with Crippen LogP contribution < -0.4 is 0 Å². The average molecular weight is 302 g/mol. The second-order valence-corrected chi connectivity index (χ2v) is 7.09. The van der Waals surface area contributed by atoms with Gasteiger partial charge in [-0.1, -0.05) is 0 Å². The number of alkyl halides is 1. The summed E-state index contributed by atoms with van der Waals surface area (Å²) >= 11 is 5.77. The Morgan fingerprint density at radius 3 is 2.89 bits per heavy atom. The molecule has 0 fully saturated rings. The summed E-state index contributed by atoms with van der Waals surface area (Å²) < 4.78 is 24.3. The first-order valence-corrected chi connectivity index (χ1v) is 8.64. The largest absolute Gasteiger partial charge is 0.313 e. The Balaban J connectivity index is 2.26. The average Bonchev–Trinajstić information content (AvgIpc) is 2.67. The summed E-state index contributed by atoms with van der Waals surface area (Å²) in [6, 6.07) is 3.73. The highest BCUT2D eigenvalue weighted by Gasteiger charge is 2.11. The standard InChI is InChI=1S/C12H16ClN3O2S/c1-19(17,18)9-3-8-16-11(5-6-13)15-10-4-2-7-14-12(10)16/h2,4,7H,3,5-6,8-9H2,1H3. The number of sulfone groups is 1. The fourth-order valence-corrected chi connectivity index (χ4v) is 2.82. The molecule has 0 unspecified atom stereocenters. The molecule has 2 heterocycles. The van der Waals surface area contributed by atoms with E-state index in [9.17, 15) is 8.42 Å². The van der Waals surface area contributed by atoms with E-state index in [0.29, 0.717) is 25.3 Å². The molecule has 104 valence electrons. The number of hydrogen-bond acceptors (Lipinski definition) is 4. The van der Waals surface area contributed by atoms with Crippen molar-refractivity contribution in [3.8, 4) is 0 Å². The first-order valence-electron chi connectivity index (χ1n) is 6.05. The zero-order chi connectivity index (χ0) is 13.9. The topological polar surface area (TPSA) is 64.8 Å². The third kappa shape index (κ3) is 3.67. The monoisotopic (exact) mass is 301 g/mol. The van der Waals surface area contributed by atoms with Crippen LogP contribution in [0, 0.1) is 0 Å². The highest BCUT2D eigenvalue weighted by Crippen LogP contribution is 2.15. The molecule has 0 aromatic carbocycles. The molecule has 0 aliphatic rings. The van der Waals surface area contributed by atoms with Gasteiger partial charge in [0.1, 0.15) is 21.2 Å². The van der Waals surface area contributed by atoms with Gasteiger partial charge in [-0.3, -0.25) is 0 Å². The lowest BCUT2D eigenvalue weighted by Crippen LogP contribution is -2.10. The second-order valence-electron chi connectivity index (χ2n) is 4.45. The summed E-state index contributed by atoms with van der Waals surface area (Å²) in [7, 11) is -2.94. The molecule has 0 bridgehead atoms. The summed E-state index contributed by atoms with van der Waals surface area (Å²) in [5, 5.41) is 0. The molecule has 0 aliphatic carbocycles. The number of fused-ring (bicyclic) bond motifs is 1. The summed E-state index contributed by atoms with van der Waals surface area (Å²) in [6.45, 7) is 0.590. The third-order valence-corrected chi connectivity index (χ3v) is 4.02. The molecule has 0 N–H and O–H groups in total. The van der Waals surface area contributed by atoms with Gasteiger partial charge in [0.05, 0.1) is 5.75 Å². The van der Waals surface area contributed by atoms with Gasteiger partial charge >= 0.3 is 0 Å². The fourth-order valence-electron chi connectivity index (χ4n) is 2.00. The van der Waals surface area contributed by atoms with Gasteiger partial charge in [0.25, 0.3) is 0 Å². The number of aryl methyl sites for hydroxylation is 2. The van der Waals surface area contributed by atoms with E-state index in [4.69, 9.17) is 11.6 Å². The van der Waals surface area contributed by atoms with E-state index < -0.39 is 9.84 Å². The Morgan fingerprint density at radius 1 is 1.42 bits per heavy atom. The molecule has 7 heteroatoms. The predicted octanol–water partition coefficient (Wildman–Crippen LogP) is 1.65. The van der Waals surface area contributed by atoms with Crippen LogP contribution in [0.3, 0.4) is 0 Å². The van der Waals surface area contributed by atoms with Crippen LogP contribution in [0.5, 0.6) is 0 Å². The quantitative estimate of drug-likeness (QED) is 0.761. The molecule has 19 heavy (non-hydrogen) atoms. The van der Waals surface area contributed by atoms with Crippen LogP contribution in [-0.2, 0) is 22.8 Å². The molecular weight excluding hydrogens is 286 g/mol. The third-order valence-electron chi connectivity index (χ3n) is 2.80. The molecule has 0 amide bonds. The minimum atomic E-state index is -2.94.